The highest BCUT2D eigenvalue weighted by molar-refractivity contribution is 6.16. The summed E-state index contributed by atoms with van der Waals surface area (Å²) in [6.07, 6.45) is 2.85. The summed E-state index contributed by atoms with van der Waals surface area (Å²) >= 11 is 0. The van der Waals surface area contributed by atoms with Gasteiger partial charge in [0.2, 0.25) is 17.7 Å². The Morgan fingerprint density at radius 1 is 1.13 bits per heavy atom. The van der Waals surface area contributed by atoms with Crippen LogP contribution in [-0.2, 0) is 9.59 Å². The number of aryl methyl sites for hydroxylation is 1. The number of hydrogen-bond acceptors (Lipinski definition) is 7. The van der Waals surface area contributed by atoms with Crippen LogP contribution >= 0.6 is 0 Å². The molecule has 4 aromatic rings. The Bertz CT molecular complexity index is 1550. The van der Waals surface area contributed by atoms with Gasteiger partial charge in [0.25, 0.3) is 0 Å². The van der Waals surface area contributed by atoms with Crippen molar-refractivity contribution in [3.8, 4) is 17.4 Å². The van der Waals surface area contributed by atoms with Crippen LogP contribution in [-0.4, -0.2) is 44.2 Å². The van der Waals surface area contributed by atoms with Crippen LogP contribution in [0.1, 0.15) is 25.3 Å². The van der Waals surface area contributed by atoms with Gasteiger partial charge in [-0.3, -0.25) is 9.59 Å². The zero-order chi connectivity index (χ0) is 27.7. The molecular weight excluding hydrogens is 512 g/mol. The molecule has 39 heavy (non-hydrogen) atoms. The molecule has 1 atom stereocenters. The summed E-state index contributed by atoms with van der Waals surface area (Å²) < 4.78 is 41.0. The van der Waals surface area contributed by atoms with Crippen LogP contribution in [0.15, 0.2) is 55.0 Å². The van der Waals surface area contributed by atoms with E-state index in [1.165, 1.54) is 47.2 Å². The summed E-state index contributed by atoms with van der Waals surface area (Å²) in [7, 11) is 0. The van der Waals surface area contributed by atoms with Gasteiger partial charge in [-0.2, -0.15) is 10.1 Å². The number of rotatable bonds is 9. The van der Waals surface area contributed by atoms with Crippen molar-refractivity contribution >= 4 is 28.7 Å². The standard InChI is InChI=1S/C27H25F2N5O5/c1-15(35)13-38-22-12-34-23(16(22)2)24(30-14-31-34)39-19-7-8-21(20(29)11-19)33-26(37)27(9-10-27)25(36)32-18-5-3-17(28)4-6-18/h3-8,11-12,14-15,35H,9-10,13H2,1-2H3,(H,32,36)(H,33,37). The van der Waals surface area contributed by atoms with E-state index in [1.54, 1.807) is 20.0 Å². The van der Waals surface area contributed by atoms with Gasteiger partial charge in [-0.05, 0) is 63.1 Å². The third-order valence-electron chi connectivity index (χ3n) is 6.35. The number of nitrogens with zero attached hydrogens (tertiary/aromatic N) is 3. The Kier molecular flexibility index (Phi) is 6.87. The number of halogens is 2. The van der Waals surface area contributed by atoms with Crippen LogP contribution in [0.5, 0.6) is 17.4 Å². The molecule has 0 aliphatic heterocycles. The first-order valence-electron chi connectivity index (χ1n) is 12.2. The number of aliphatic hydroxyl groups is 1. The van der Waals surface area contributed by atoms with E-state index in [0.29, 0.717) is 35.4 Å². The highest BCUT2D eigenvalue weighted by Gasteiger charge is 2.56. The van der Waals surface area contributed by atoms with Crippen molar-refractivity contribution in [2.24, 2.45) is 5.41 Å². The second-order valence-corrected chi connectivity index (χ2v) is 9.38. The minimum Gasteiger partial charge on any atom is -0.489 e. The zero-order valence-corrected chi connectivity index (χ0v) is 21.1. The topological polar surface area (TPSA) is 127 Å². The van der Waals surface area contributed by atoms with E-state index >= 15 is 0 Å². The fourth-order valence-corrected chi connectivity index (χ4v) is 4.02. The molecule has 12 heteroatoms. The van der Waals surface area contributed by atoms with Crippen LogP contribution in [0.25, 0.3) is 5.52 Å². The Hall–Kier alpha value is -4.58. The first kappa shape index (κ1) is 26.0. The summed E-state index contributed by atoms with van der Waals surface area (Å²) in [4.78, 5) is 29.8. The van der Waals surface area contributed by atoms with Gasteiger partial charge in [0.15, 0.2) is 0 Å². The average molecular weight is 538 g/mol. The van der Waals surface area contributed by atoms with Crippen LogP contribution < -0.4 is 20.1 Å². The molecule has 2 heterocycles. The van der Waals surface area contributed by atoms with Gasteiger partial charge in [0.1, 0.15) is 47.0 Å². The van der Waals surface area contributed by atoms with Crippen LogP contribution in [0.4, 0.5) is 20.2 Å². The first-order chi connectivity index (χ1) is 18.7. The first-order valence-corrected chi connectivity index (χ1v) is 12.2. The number of fused-ring (bicyclic) bond motifs is 1. The summed E-state index contributed by atoms with van der Waals surface area (Å²) in [5, 5.41) is 18.7. The molecule has 1 aliphatic carbocycles. The summed E-state index contributed by atoms with van der Waals surface area (Å²) in [6.45, 7) is 3.48. The number of ether oxygens (including phenoxy) is 2. The third-order valence-corrected chi connectivity index (χ3v) is 6.35. The minimum absolute atomic E-state index is 0.0922. The van der Waals surface area contributed by atoms with Crippen molar-refractivity contribution in [1.82, 2.24) is 14.6 Å². The molecule has 0 saturated heterocycles. The monoisotopic (exact) mass is 537 g/mol. The second kappa shape index (κ2) is 10.3. The summed E-state index contributed by atoms with van der Waals surface area (Å²) in [5.74, 6) is -1.64. The maximum atomic E-state index is 15.0. The Morgan fingerprint density at radius 2 is 1.85 bits per heavy atom. The fraction of sp³-hybridized carbons (Fsp3) is 0.259. The molecule has 1 saturated carbocycles. The predicted octanol–water partition coefficient (Wildman–Crippen LogP) is 4.23. The molecule has 5 rings (SSSR count). The molecule has 2 aromatic heterocycles. The van der Waals surface area contributed by atoms with Gasteiger partial charge < -0.3 is 25.2 Å². The van der Waals surface area contributed by atoms with Crippen molar-refractivity contribution in [3.05, 3.63) is 72.2 Å². The molecule has 0 bridgehead atoms. The highest BCUT2D eigenvalue weighted by atomic mass is 19.1. The molecule has 1 aliphatic rings. The van der Waals surface area contributed by atoms with E-state index < -0.39 is 35.0 Å². The quantitative estimate of drug-likeness (QED) is 0.273. The van der Waals surface area contributed by atoms with Gasteiger partial charge in [0.05, 0.1) is 18.0 Å². The number of anilines is 2. The molecule has 2 amide bonds. The number of aliphatic hydroxyl groups excluding tert-OH is 1. The molecule has 3 N–H and O–H groups in total. The SMILES string of the molecule is Cc1c(OCC(C)O)cn2ncnc(Oc3ccc(NC(=O)C4(C(=O)Nc5ccc(F)cc5)CC4)c(F)c3)c12. The molecule has 202 valence electrons. The number of carbonyl (C=O) groups is 2. The lowest BCUT2D eigenvalue weighted by Gasteiger charge is -2.16. The maximum absolute atomic E-state index is 15.0. The predicted molar refractivity (Wildman–Crippen MR) is 137 cm³/mol. The van der Waals surface area contributed by atoms with Crippen LogP contribution in [0.3, 0.4) is 0 Å². The van der Waals surface area contributed by atoms with Gasteiger partial charge in [-0.25, -0.2) is 13.3 Å². The van der Waals surface area contributed by atoms with Gasteiger partial charge >= 0.3 is 0 Å². The Balaban J connectivity index is 1.29. The smallest absolute Gasteiger partial charge is 0.247 e. The molecule has 0 radical (unpaired) electrons. The third kappa shape index (κ3) is 5.36. The van der Waals surface area contributed by atoms with Crippen molar-refractivity contribution in [2.75, 3.05) is 17.2 Å². The maximum Gasteiger partial charge on any atom is 0.247 e. The average Bonchev–Trinajstić information content (AvgIpc) is 3.65. The number of carbonyl (C=O) groups excluding carboxylic acids is 2. The molecule has 1 unspecified atom stereocenters. The molecule has 10 nitrogen and oxygen atoms in total. The van der Waals surface area contributed by atoms with Gasteiger partial charge in [0, 0.05) is 17.3 Å². The lowest BCUT2D eigenvalue weighted by atomic mass is 10.0. The molecule has 1 fully saturated rings. The number of benzene rings is 2. The fourth-order valence-electron chi connectivity index (χ4n) is 4.02. The van der Waals surface area contributed by atoms with Crippen molar-refractivity contribution < 1.29 is 33.0 Å². The van der Waals surface area contributed by atoms with E-state index in [-0.39, 0.29) is 23.9 Å². The van der Waals surface area contributed by atoms with E-state index in [0.717, 1.165) is 6.07 Å². The number of hydrogen-bond donors (Lipinski definition) is 3. The normalized spacial score (nSPS) is 14.5. The van der Waals surface area contributed by atoms with Crippen molar-refractivity contribution in [2.45, 2.75) is 32.8 Å². The molecule has 0 spiro atoms. The lowest BCUT2D eigenvalue weighted by molar-refractivity contribution is -0.131. The van der Waals surface area contributed by atoms with Crippen molar-refractivity contribution in [3.63, 3.8) is 0 Å². The number of nitrogens with one attached hydrogen (secondary N) is 2. The second-order valence-electron chi connectivity index (χ2n) is 9.38. The summed E-state index contributed by atoms with van der Waals surface area (Å²) in [5.41, 5.74) is 0.0754. The van der Waals surface area contributed by atoms with E-state index in [2.05, 4.69) is 20.7 Å². The van der Waals surface area contributed by atoms with E-state index in [4.69, 9.17) is 9.47 Å². The Labute approximate surface area is 221 Å². The number of amides is 2. The Morgan fingerprint density at radius 3 is 2.51 bits per heavy atom. The lowest BCUT2D eigenvalue weighted by Crippen LogP contribution is -2.35. The highest BCUT2D eigenvalue weighted by Crippen LogP contribution is 2.47. The number of aromatic nitrogens is 3. The van der Waals surface area contributed by atoms with Crippen molar-refractivity contribution in [1.29, 1.82) is 0 Å². The molecular formula is C27H25F2N5O5. The van der Waals surface area contributed by atoms with Crippen LogP contribution in [0, 0.1) is 24.0 Å². The zero-order valence-electron chi connectivity index (χ0n) is 21.1. The molecule has 2 aromatic carbocycles. The van der Waals surface area contributed by atoms with E-state index in [1.807, 2.05) is 0 Å². The van der Waals surface area contributed by atoms with Gasteiger partial charge in [-0.15, -0.1) is 0 Å². The van der Waals surface area contributed by atoms with E-state index in [9.17, 15) is 23.5 Å². The minimum atomic E-state index is -1.33. The largest absolute Gasteiger partial charge is 0.489 e. The summed E-state index contributed by atoms with van der Waals surface area (Å²) in [6, 6.07) is 9.06. The van der Waals surface area contributed by atoms with Crippen LogP contribution in [0.2, 0.25) is 0 Å². The van der Waals surface area contributed by atoms with Gasteiger partial charge in [-0.1, -0.05) is 0 Å².